The van der Waals surface area contributed by atoms with Gasteiger partial charge in [0.15, 0.2) is 0 Å². The third-order valence-corrected chi connectivity index (χ3v) is 7.96. The number of carbonyl (C=O) groups is 2. The van der Waals surface area contributed by atoms with Gasteiger partial charge in [-0.15, -0.1) is 0 Å². The number of benzene rings is 2. The van der Waals surface area contributed by atoms with E-state index in [0.29, 0.717) is 24.3 Å². The molecule has 2 amide bonds. The largest absolute Gasteiger partial charge is 0.494 e. The van der Waals surface area contributed by atoms with Gasteiger partial charge in [0.05, 0.1) is 48.9 Å². The summed E-state index contributed by atoms with van der Waals surface area (Å²) in [6.45, 7) is 4.98. The molecule has 3 aromatic rings. The Morgan fingerprint density at radius 3 is 2.57 bits per heavy atom. The van der Waals surface area contributed by atoms with Crippen molar-refractivity contribution in [2.75, 3.05) is 52.8 Å². The van der Waals surface area contributed by atoms with Gasteiger partial charge in [0.25, 0.3) is 11.8 Å². The first-order chi connectivity index (χ1) is 21.8. The van der Waals surface area contributed by atoms with Crippen LogP contribution in [-0.4, -0.2) is 92.0 Å². The highest BCUT2D eigenvalue weighted by molar-refractivity contribution is 6.05. The Morgan fingerprint density at radius 1 is 1.15 bits per heavy atom. The number of hydrogen-bond donors (Lipinski definition) is 3. The maximum atomic E-state index is 14.3. The average Bonchev–Trinajstić information content (AvgIpc) is 3.40. The van der Waals surface area contributed by atoms with Gasteiger partial charge >= 0.3 is 6.18 Å². The first kappa shape index (κ1) is 34.5. The van der Waals surface area contributed by atoms with Crippen molar-refractivity contribution in [3.8, 4) is 17.6 Å². The topological polar surface area (TPSA) is 110 Å². The molecule has 1 fully saturated rings. The summed E-state index contributed by atoms with van der Waals surface area (Å²) in [7, 11) is 4.39. The number of nitrogens with zero attached hydrogens (tertiary/aromatic N) is 3. The lowest BCUT2D eigenvalue weighted by atomic mass is 9.92. The monoisotopic (exact) mass is 646 g/mol. The van der Waals surface area contributed by atoms with Crippen molar-refractivity contribution in [3.63, 3.8) is 0 Å². The summed E-state index contributed by atoms with van der Waals surface area (Å²) in [5, 5.41) is 8.41. The molecule has 1 aromatic heterocycles. The van der Waals surface area contributed by atoms with E-state index >= 15 is 0 Å². The molecule has 4 rings (SSSR count). The molecule has 0 spiro atoms. The van der Waals surface area contributed by atoms with E-state index in [1.807, 2.05) is 6.92 Å². The van der Waals surface area contributed by atoms with Gasteiger partial charge in [-0.25, -0.2) is 9.37 Å². The number of piperidine rings is 1. The van der Waals surface area contributed by atoms with Crippen molar-refractivity contribution in [2.45, 2.75) is 45.1 Å². The summed E-state index contributed by atoms with van der Waals surface area (Å²) in [5.41, 5.74) is 0.802. The van der Waals surface area contributed by atoms with Crippen molar-refractivity contribution in [3.05, 3.63) is 53.1 Å². The Bertz CT molecular complexity index is 1630. The zero-order valence-electron chi connectivity index (χ0n) is 26.3. The van der Waals surface area contributed by atoms with Gasteiger partial charge in [-0.3, -0.25) is 14.5 Å². The number of amides is 2. The Morgan fingerprint density at radius 2 is 1.91 bits per heavy atom. The van der Waals surface area contributed by atoms with E-state index in [-0.39, 0.29) is 52.5 Å². The number of halogens is 4. The zero-order valence-corrected chi connectivity index (χ0v) is 26.3. The molecule has 0 radical (unpaired) electrons. The SMILES string of the molecule is CNC(=O)c1cc(NCC#Cc2cc(C(=O)N[C@H]3CCN(C(C)COC)C[C@@H]3C)c3ncn(CC(F)(F)F)c3c2)c(OC)cc1F. The molecule has 2 aromatic carbocycles. The Balaban J connectivity index is 1.59. The van der Waals surface area contributed by atoms with Gasteiger partial charge in [0.1, 0.15) is 23.6 Å². The van der Waals surface area contributed by atoms with E-state index < -0.39 is 30.4 Å². The van der Waals surface area contributed by atoms with Crippen LogP contribution in [0.25, 0.3) is 11.0 Å². The van der Waals surface area contributed by atoms with Crippen molar-refractivity contribution >= 4 is 28.5 Å². The van der Waals surface area contributed by atoms with Gasteiger partial charge in [-0.05, 0) is 37.5 Å². The summed E-state index contributed by atoms with van der Waals surface area (Å²) in [6, 6.07) is 5.42. The van der Waals surface area contributed by atoms with Gasteiger partial charge < -0.3 is 30.0 Å². The van der Waals surface area contributed by atoms with Crippen molar-refractivity contribution < 1.29 is 36.6 Å². The van der Waals surface area contributed by atoms with Crippen LogP contribution in [0.1, 0.15) is 46.5 Å². The quantitative estimate of drug-likeness (QED) is 0.225. The molecule has 46 heavy (non-hydrogen) atoms. The van der Waals surface area contributed by atoms with Crippen molar-refractivity contribution in [1.29, 1.82) is 0 Å². The van der Waals surface area contributed by atoms with Crippen LogP contribution in [0.3, 0.4) is 0 Å². The molecule has 0 bridgehead atoms. The van der Waals surface area contributed by atoms with Crippen molar-refractivity contribution in [1.82, 2.24) is 25.1 Å². The second-order valence-corrected chi connectivity index (χ2v) is 11.3. The van der Waals surface area contributed by atoms with Crippen LogP contribution >= 0.6 is 0 Å². The van der Waals surface area contributed by atoms with E-state index in [1.165, 1.54) is 32.4 Å². The third kappa shape index (κ3) is 8.27. The highest BCUT2D eigenvalue weighted by atomic mass is 19.4. The molecule has 2 heterocycles. The third-order valence-electron chi connectivity index (χ3n) is 7.96. The summed E-state index contributed by atoms with van der Waals surface area (Å²) >= 11 is 0. The minimum atomic E-state index is -4.51. The Kier molecular flexibility index (Phi) is 11.1. The number of hydrogen-bond acceptors (Lipinski definition) is 7. The predicted octanol–water partition coefficient (Wildman–Crippen LogP) is 4.04. The van der Waals surface area contributed by atoms with Crippen LogP contribution in [0.2, 0.25) is 0 Å². The number of nitrogens with one attached hydrogen (secondary N) is 3. The fourth-order valence-electron chi connectivity index (χ4n) is 5.57. The Hall–Kier alpha value is -4.35. The molecule has 1 unspecified atom stereocenters. The molecule has 10 nitrogen and oxygen atoms in total. The maximum Gasteiger partial charge on any atom is 0.406 e. The fourth-order valence-corrected chi connectivity index (χ4v) is 5.57. The average molecular weight is 647 g/mol. The first-order valence-corrected chi connectivity index (χ1v) is 14.8. The lowest BCUT2D eigenvalue weighted by molar-refractivity contribution is -0.140. The summed E-state index contributed by atoms with van der Waals surface area (Å²) in [6.07, 6.45) is -2.74. The van der Waals surface area contributed by atoms with Crippen LogP contribution in [-0.2, 0) is 11.3 Å². The van der Waals surface area contributed by atoms with E-state index in [9.17, 15) is 27.2 Å². The Labute approximate surface area is 264 Å². The maximum absolute atomic E-state index is 14.3. The second-order valence-electron chi connectivity index (χ2n) is 11.3. The normalized spacial score (nSPS) is 17.6. The molecule has 0 aliphatic carbocycles. The number of rotatable bonds is 10. The molecule has 1 saturated heterocycles. The molecule has 3 atom stereocenters. The summed E-state index contributed by atoms with van der Waals surface area (Å²) in [4.78, 5) is 32.1. The van der Waals surface area contributed by atoms with E-state index in [2.05, 4.69) is 44.6 Å². The van der Waals surface area contributed by atoms with Crippen LogP contribution in [0.15, 0.2) is 30.6 Å². The number of alkyl halides is 3. The first-order valence-electron chi connectivity index (χ1n) is 14.8. The number of carbonyl (C=O) groups excluding carboxylic acids is 2. The van der Waals surface area contributed by atoms with Gasteiger partial charge in [0.2, 0.25) is 0 Å². The minimum absolute atomic E-state index is 0.00807. The second kappa shape index (κ2) is 14.8. The van der Waals surface area contributed by atoms with Gasteiger partial charge in [-0.2, -0.15) is 13.2 Å². The number of ether oxygens (including phenoxy) is 2. The molecule has 3 N–H and O–H groups in total. The van der Waals surface area contributed by atoms with E-state index in [1.54, 1.807) is 7.11 Å². The number of fused-ring (bicyclic) bond motifs is 1. The zero-order chi connectivity index (χ0) is 33.6. The van der Waals surface area contributed by atoms with Gasteiger partial charge in [-0.1, -0.05) is 18.8 Å². The predicted molar refractivity (Wildman–Crippen MR) is 165 cm³/mol. The molecule has 14 heteroatoms. The summed E-state index contributed by atoms with van der Waals surface area (Å²) in [5.74, 6) is 4.21. The van der Waals surface area contributed by atoms with Crippen LogP contribution in [0, 0.1) is 23.6 Å². The molecular formula is C32H38F4N6O4. The fraction of sp³-hybridized carbons (Fsp3) is 0.469. The van der Waals surface area contributed by atoms with E-state index in [0.717, 1.165) is 30.1 Å². The molecule has 0 saturated carbocycles. The number of imidazole rings is 1. The summed E-state index contributed by atoms with van der Waals surface area (Å²) < 4.78 is 65.8. The highest BCUT2D eigenvalue weighted by Gasteiger charge is 2.32. The number of methoxy groups -OCH3 is 2. The van der Waals surface area contributed by atoms with Crippen molar-refractivity contribution in [2.24, 2.45) is 5.92 Å². The number of anilines is 1. The van der Waals surface area contributed by atoms with Crippen LogP contribution in [0.4, 0.5) is 23.2 Å². The van der Waals surface area contributed by atoms with Crippen LogP contribution in [0.5, 0.6) is 5.75 Å². The molecule has 1 aliphatic rings. The standard InChI is InChI=1S/C32H38F4N6O4/c1-19-15-41(20(2)16-45-4)10-8-25(19)40-31(44)23-11-21(12-27-29(23)39-18-42(27)17-32(34,35)36)7-6-9-38-26-13-22(30(43)37-3)24(33)14-28(26)46-5/h11-14,18-20,25,38H,8-10,15-17H2,1-5H3,(H,37,43)(H,40,44)/t19-,20?,25-/m0/s1. The lowest BCUT2D eigenvalue weighted by Crippen LogP contribution is -2.52. The van der Waals surface area contributed by atoms with Crippen LogP contribution < -0.4 is 20.7 Å². The highest BCUT2D eigenvalue weighted by Crippen LogP contribution is 2.28. The molecular weight excluding hydrogens is 608 g/mol. The van der Waals surface area contributed by atoms with E-state index in [4.69, 9.17) is 9.47 Å². The smallest absolute Gasteiger partial charge is 0.406 e. The molecule has 1 aliphatic heterocycles. The van der Waals surface area contributed by atoms with Gasteiger partial charge in [0, 0.05) is 51.0 Å². The lowest BCUT2D eigenvalue weighted by Gasteiger charge is -2.40. The minimum Gasteiger partial charge on any atom is -0.494 e. The molecule has 248 valence electrons. The number of likely N-dealkylation sites (tertiary alicyclic amines) is 1. The number of aromatic nitrogens is 2.